The zero-order valence-corrected chi connectivity index (χ0v) is 38.0. The molecule has 4 rings (SSSR count). The normalized spacial score (nSPS) is 20.0. The molecule has 2 aliphatic heterocycles. The predicted octanol–water partition coefficient (Wildman–Crippen LogP) is 5.00. The number of rotatable bonds is 27. The first-order valence-electron chi connectivity index (χ1n) is 20.2. The highest BCUT2D eigenvalue weighted by Gasteiger charge is 2.48. The van der Waals surface area contributed by atoms with E-state index in [0.29, 0.717) is 87.6 Å². The molecule has 20 heteroatoms. The Morgan fingerprint density at radius 3 is 2.00 bits per heavy atom. The van der Waals surface area contributed by atoms with Crippen LogP contribution in [-0.2, 0) is 64.9 Å². The van der Waals surface area contributed by atoms with Gasteiger partial charge in [-0.25, -0.2) is 8.42 Å². The Bertz CT molecular complexity index is 2360. The molecule has 0 aliphatic carbocycles. The molecule has 0 radical (unpaired) electrons. The van der Waals surface area contributed by atoms with E-state index in [0.717, 1.165) is 11.4 Å². The molecule has 2 aromatic carbocycles. The summed E-state index contributed by atoms with van der Waals surface area (Å²) in [6.45, 7) is 6.33. The molecule has 0 aromatic heterocycles. The number of aliphatic carboxylic acids is 1. The fraction of sp³-hybridized carbons (Fsp3) is 0.524. The van der Waals surface area contributed by atoms with Crippen LogP contribution < -0.4 is 4.90 Å². The Morgan fingerprint density at radius 2 is 1.40 bits per heavy atom. The van der Waals surface area contributed by atoms with Crippen molar-refractivity contribution >= 4 is 53.4 Å². The van der Waals surface area contributed by atoms with E-state index in [1.54, 1.807) is 32.4 Å². The van der Waals surface area contributed by atoms with Crippen molar-refractivity contribution in [2.75, 3.05) is 77.6 Å². The molecule has 2 aromatic rings. The molecule has 0 saturated heterocycles. The molecule has 17 nitrogen and oxygen atoms in total. The van der Waals surface area contributed by atoms with Gasteiger partial charge in [0.2, 0.25) is 5.69 Å². The molecule has 62 heavy (non-hydrogen) atoms. The maximum Gasteiger partial charge on any atom is 0.303 e. The van der Waals surface area contributed by atoms with Crippen LogP contribution in [0.1, 0.15) is 69.9 Å². The largest absolute Gasteiger partial charge is 0.744 e. The molecular weight excluding hydrogens is 869 g/mol. The van der Waals surface area contributed by atoms with Crippen LogP contribution in [0, 0.1) is 0 Å². The minimum atomic E-state index is -4.83. The fourth-order valence-corrected chi connectivity index (χ4v) is 9.41. The van der Waals surface area contributed by atoms with Gasteiger partial charge in [0.1, 0.15) is 16.7 Å². The monoisotopic (exact) mass is 926 g/mol. The predicted molar refractivity (Wildman–Crippen MR) is 231 cm³/mol. The molecule has 2 unspecified atom stereocenters. The van der Waals surface area contributed by atoms with Crippen LogP contribution in [0.25, 0.3) is 0 Å². The van der Waals surface area contributed by atoms with Crippen molar-refractivity contribution < 1.29 is 72.3 Å². The third kappa shape index (κ3) is 13.3. The maximum atomic E-state index is 12.3. The standard InChI is InChI=1S/C42H58N2O15S3/c1-41(19-23-58-27-25-56-3)34-30-32(61(50,51)52)15-17-36(34)43(21-10-6-9-14-40(45)46)38(41)12-7-5-8-13-39-42(2,20-24-59-28-26-57-4)35-31-33(62(53,54)55)16-18-37(35)44(39)22-11-29-60(47,48)49/h5,7-8,12-13,15-18,30-31H,6,9-11,14,19-29H2,1-4H3,(H3-,45,46,47,48,49,50,51,52,53,54,55). The van der Waals surface area contributed by atoms with Gasteiger partial charge in [-0.1, -0.05) is 24.6 Å². The van der Waals surface area contributed by atoms with E-state index in [4.69, 9.17) is 24.1 Å². The number of methoxy groups -OCH3 is 2. The summed E-state index contributed by atoms with van der Waals surface area (Å²) in [4.78, 5) is 12.6. The number of unbranched alkanes of at least 4 members (excludes halogenated alkanes) is 2. The Hall–Kier alpha value is -3.83. The number of fused-ring (bicyclic) bond motifs is 2. The third-order valence-corrected chi connectivity index (χ3v) is 13.6. The Labute approximate surface area is 365 Å². The van der Waals surface area contributed by atoms with Gasteiger partial charge in [-0.05, 0) is 81.5 Å². The Kier molecular flexibility index (Phi) is 18.2. The van der Waals surface area contributed by atoms with Crippen LogP contribution in [0.3, 0.4) is 0 Å². The molecule has 0 bridgehead atoms. The van der Waals surface area contributed by atoms with Gasteiger partial charge in [0, 0.05) is 81.3 Å². The molecule has 0 saturated carbocycles. The van der Waals surface area contributed by atoms with Crippen LogP contribution in [-0.4, -0.2) is 133 Å². The first-order chi connectivity index (χ1) is 29.2. The number of ether oxygens (including phenoxy) is 4. The number of carboxylic acids is 1. The number of benzene rings is 2. The SMILES string of the molecule is COCCOCCC1(C)C(=CC=CC=CC2=[N+](CCCS(=O)(=O)O)c3ccc(S(=O)(=O)[O-])cc3C2(C)CCOCCOC)N(CCCCCC(=O)O)c2ccc(S(=O)(=O)O)cc21. The van der Waals surface area contributed by atoms with Gasteiger partial charge in [-0.15, -0.1) is 0 Å². The number of anilines is 1. The van der Waals surface area contributed by atoms with Gasteiger partial charge in [0.25, 0.3) is 20.2 Å². The summed E-state index contributed by atoms with van der Waals surface area (Å²) in [5.41, 5.74) is 2.19. The first-order valence-corrected chi connectivity index (χ1v) is 24.6. The summed E-state index contributed by atoms with van der Waals surface area (Å²) in [7, 11) is -10.6. The van der Waals surface area contributed by atoms with Crippen molar-refractivity contribution in [3.63, 3.8) is 0 Å². The summed E-state index contributed by atoms with van der Waals surface area (Å²) in [6.07, 6.45) is 11.6. The van der Waals surface area contributed by atoms with Crippen molar-refractivity contribution in [2.24, 2.45) is 0 Å². The van der Waals surface area contributed by atoms with Crippen molar-refractivity contribution in [2.45, 2.75) is 79.4 Å². The minimum Gasteiger partial charge on any atom is -0.744 e. The van der Waals surface area contributed by atoms with E-state index in [9.17, 15) is 43.7 Å². The lowest BCUT2D eigenvalue weighted by molar-refractivity contribution is -0.437. The van der Waals surface area contributed by atoms with Crippen molar-refractivity contribution in [3.05, 3.63) is 83.6 Å². The van der Waals surface area contributed by atoms with Gasteiger partial charge in [-0.2, -0.15) is 21.4 Å². The zero-order chi connectivity index (χ0) is 45.8. The van der Waals surface area contributed by atoms with Crippen LogP contribution in [0.5, 0.6) is 0 Å². The van der Waals surface area contributed by atoms with Crippen molar-refractivity contribution in [1.29, 1.82) is 0 Å². The smallest absolute Gasteiger partial charge is 0.303 e. The lowest BCUT2D eigenvalue weighted by Gasteiger charge is -2.30. The highest BCUT2D eigenvalue weighted by molar-refractivity contribution is 7.86. The molecule has 2 aliphatic rings. The topological polar surface area (TPSA) is 246 Å². The van der Waals surface area contributed by atoms with E-state index in [1.165, 1.54) is 30.3 Å². The first kappa shape index (κ1) is 50.8. The molecule has 344 valence electrons. The number of carboxylic acid groups (broad SMARTS) is 1. The average Bonchev–Trinajstić information content (AvgIpc) is 3.56. The zero-order valence-electron chi connectivity index (χ0n) is 35.5. The number of allylic oxidation sites excluding steroid dienone is 6. The lowest BCUT2D eigenvalue weighted by Crippen LogP contribution is -2.33. The second-order valence-corrected chi connectivity index (χ2v) is 19.9. The van der Waals surface area contributed by atoms with Gasteiger partial charge in [0.05, 0.1) is 47.4 Å². The highest BCUT2D eigenvalue weighted by Crippen LogP contribution is 2.51. The number of hydrogen-bond donors (Lipinski definition) is 3. The quantitative estimate of drug-likeness (QED) is 0.0462. The van der Waals surface area contributed by atoms with Crippen molar-refractivity contribution in [1.82, 2.24) is 0 Å². The summed E-state index contributed by atoms with van der Waals surface area (Å²) in [5, 5.41) is 9.17. The van der Waals surface area contributed by atoms with Crippen LogP contribution in [0.2, 0.25) is 0 Å². The van der Waals surface area contributed by atoms with Crippen LogP contribution in [0.4, 0.5) is 11.4 Å². The summed E-state index contributed by atoms with van der Waals surface area (Å²) >= 11 is 0. The van der Waals surface area contributed by atoms with Gasteiger partial charge >= 0.3 is 5.97 Å². The molecule has 0 fully saturated rings. The van der Waals surface area contributed by atoms with Gasteiger partial charge < -0.3 is 33.5 Å². The second kappa shape index (κ2) is 22.2. The molecule has 0 amide bonds. The van der Waals surface area contributed by atoms with Crippen molar-refractivity contribution in [3.8, 4) is 0 Å². The molecule has 3 N–H and O–H groups in total. The average molecular weight is 927 g/mol. The van der Waals surface area contributed by atoms with E-state index < -0.39 is 57.8 Å². The van der Waals surface area contributed by atoms with E-state index in [2.05, 4.69) is 4.90 Å². The van der Waals surface area contributed by atoms with Gasteiger partial charge in [-0.3, -0.25) is 13.9 Å². The molecule has 0 spiro atoms. The lowest BCUT2D eigenvalue weighted by atomic mass is 9.76. The number of nitrogens with zero attached hydrogens (tertiary/aromatic N) is 2. The highest BCUT2D eigenvalue weighted by atomic mass is 32.2. The summed E-state index contributed by atoms with van der Waals surface area (Å²) in [6, 6.07) is 8.52. The number of hydrogen-bond acceptors (Lipinski definition) is 13. The number of carbonyl (C=O) groups is 1. The molecule has 2 heterocycles. The molecular formula is C42H58N2O15S3. The molecule has 2 atom stereocenters. The Morgan fingerprint density at radius 1 is 0.774 bits per heavy atom. The van der Waals surface area contributed by atoms with E-state index in [1.807, 2.05) is 36.7 Å². The fourth-order valence-electron chi connectivity index (χ4n) is 7.91. The van der Waals surface area contributed by atoms with Gasteiger partial charge in [0.15, 0.2) is 5.71 Å². The minimum absolute atomic E-state index is 0.0271. The van der Waals surface area contributed by atoms with E-state index >= 15 is 0 Å². The summed E-state index contributed by atoms with van der Waals surface area (Å²) in [5.74, 6) is -1.40. The summed E-state index contributed by atoms with van der Waals surface area (Å²) < 4.78 is 128. The maximum absolute atomic E-state index is 12.3. The second-order valence-electron chi connectivity index (χ2n) is 15.5. The van der Waals surface area contributed by atoms with Crippen LogP contribution >= 0.6 is 0 Å². The third-order valence-electron chi connectivity index (χ3n) is 11.1. The van der Waals surface area contributed by atoms with E-state index in [-0.39, 0.29) is 37.5 Å². The Balaban J connectivity index is 1.80. The van der Waals surface area contributed by atoms with Crippen LogP contribution in [0.15, 0.2) is 82.3 Å².